The summed E-state index contributed by atoms with van der Waals surface area (Å²) in [5.74, 6) is 1.57. The maximum absolute atomic E-state index is 5.77. The number of halogens is 1. The van der Waals surface area contributed by atoms with Gasteiger partial charge in [0.05, 0.1) is 6.54 Å². The Morgan fingerprint density at radius 3 is 2.67 bits per heavy atom. The van der Waals surface area contributed by atoms with Crippen molar-refractivity contribution in [1.82, 2.24) is 15.2 Å². The van der Waals surface area contributed by atoms with Crippen molar-refractivity contribution >= 4 is 17.3 Å². The molecule has 0 atom stereocenters. The summed E-state index contributed by atoms with van der Waals surface area (Å²) < 4.78 is 0. The average Bonchev–Trinajstić information content (AvgIpc) is 2.64. The van der Waals surface area contributed by atoms with Gasteiger partial charge >= 0.3 is 0 Å². The maximum atomic E-state index is 5.77. The van der Waals surface area contributed by atoms with Gasteiger partial charge in [0.2, 0.25) is 0 Å². The molecule has 0 unspecified atom stereocenters. The van der Waals surface area contributed by atoms with Crippen molar-refractivity contribution in [3.63, 3.8) is 0 Å². The van der Waals surface area contributed by atoms with Crippen LogP contribution in [0.2, 0.25) is 5.02 Å². The number of aryl methyl sites for hydroxylation is 1. The molecule has 0 fully saturated rings. The normalized spacial score (nSPS) is 10.3. The predicted molar refractivity (Wildman–Crippen MR) is 59.9 cm³/mol. The lowest BCUT2D eigenvalue weighted by atomic mass is 10.3. The zero-order chi connectivity index (χ0) is 10.7. The van der Waals surface area contributed by atoms with Crippen molar-refractivity contribution in [2.75, 3.05) is 5.32 Å². The lowest BCUT2D eigenvalue weighted by Gasteiger charge is -2.02. The van der Waals surface area contributed by atoms with Crippen LogP contribution >= 0.6 is 11.6 Å². The van der Waals surface area contributed by atoms with Gasteiger partial charge in [-0.05, 0) is 31.2 Å². The fourth-order valence-electron chi connectivity index (χ4n) is 1.22. The van der Waals surface area contributed by atoms with Crippen LogP contribution in [0.4, 0.5) is 5.69 Å². The molecule has 78 valence electrons. The van der Waals surface area contributed by atoms with Crippen LogP contribution in [0, 0.1) is 6.92 Å². The highest BCUT2D eigenvalue weighted by Gasteiger charge is 1.98. The number of nitrogens with zero attached hydrogens (tertiary/aromatic N) is 2. The van der Waals surface area contributed by atoms with E-state index in [1.54, 1.807) is 0 Å². The van der Waals surface area contributed by atoms with Crippen LogP contribution in [0.5, 0.6) is 0 Å². The topological polar surface area (TPSA) is 53.6 Å². The molecule has 0 aliphatic rings. The third kappa shape index (κ3) is 2.70. The second-order valence-electron chi connectivity index (χ2n) is 3.20. The highest BCUT2D eigenvalue weighted by atomic mass is 35.5. The van der Waals surface area contributed by atoms with Crippen LogP contribution in [0.25, 0.3) is 0 Å². The fourth-order valence-corrected chi connectivity index (χ4v) is 1.34. The molecule has 2 N–H and O–H groups in total. The van der Waals surface area contributed by atoms with Crippen LogP contribution in [0.1, 0.15) is 11.6 Å². The highest BCUT2D eigenvalue weighted by molar-refractivity contribution is 6.30. The lowest BCUT2D eigenvalue weighted by Crippen LogP contribution is -2.00. The molecule has 0 saturated heterocycles. The molecule has 1 aromatic heterocycles. The quantitative estimate of drug-likeness (QED) is 0.839. The molecule has 4 nitrogen and oxygen atoms in total. The van der Waals surface area contributed by atoms with Gasteiger partial charge in [0.1, 0.15) is 5.82 Å². The van der Waals surface area contributed by atoms with Crippen LogP contribution in [-0.4, -0.2) is 15.2 Å². The zero-order valence-electron chi connectivity index (χ0n) is 8.29. The van der Waals surface area contributed by atoms with Crippen molar-refractivity contribution in [2.24, 2.45) is 0 Å². The van der Waals surface area contributed by atoms with E-state index in [1.165, 1.54) is 0 Å². The molecule has 1 aromatic carbocycles. The SMILES string of the molecule is Cc1nc(CNc2ccc(Cl)cc2)n[nH]1. The summed E-state index contributed by atoms with van der Waals surface area (Å²) >= 11 is 5.77. The first-order chi connectivity index (χ1) is 7.24. The van der Waals surface area contributed by atoms with Crippen molar-refractivity contribution in [3.05, 3.63) is 40.9 Å². The number of aromatic nitrogens is 3. The van der Waals surface area contributed by atoms with E-state index in [1.807, 2.05) is 31.2 Å². The second-order valence-corrected chi connectivity index (χ2v) is 3.63. The van der Waals surface area contributed by atoms with Crippen molar-refractivity contribution < 1.29 is 0 Å². The van der Waals surface area contributed by atoms with Gasteiger partial charge in [-0.25, -0.2) is 4.98 Å². The highest BCUT2D eigenvalue weighted by Crippen LogP contribution is 2.13. The van der Waals surface area contributed by atoms with Gasteiger partial charge in [0.25, 0.3) is 0 Å². The standard InChI is InChI=1S/C10H11ClN4/c1-7-13-10(15-14-7)6-12-9-4-2-8(11)3-5-9/h2-5,12H,6H2,1H3,(H,13,14,15). The lowest BCUT2D eigenvalue weighted by molar-refractivity contribution is 0.953. The minimum atomic E-state index is 0.603. The molecular weight excluding hydrogens is 212 g/mol. The van der Waals surface area contributed by atoms with Crippen LogP contribution in [-0.2, 0) is 6.54 Å². The predicted octanol–water partition coefficient (Wildman–Crippen LogP) is 2.38. The summed E-state index contributed by atoms with van der Waals surface area (Å²) in [4.78, 5) is 4.19. The summed E-state index contributed by atoms with van der Waals surface area (Å²) in [5.41, 5.74) is 1.00. The number of rotatable bonds is 3. The number of H-pyrrole nitrogens is 1. The molecule has 0 spiro atoms. The van der Waals surface area contributed by atoms with E-state index < -0.39 is 0 Å². The van der Waals surface area contributed by atoms with E-state index in [4.69, 9.17) is 11.6 Å². The van der Waals surface area contributed by atoms with Crippen molar-refractivity contribution in [1.29, 1.82) is 0 Å². The number of aromatic amines is 1. The van der Waals surface area contributed by atoms with Gasteiger partial charge < -0.3 is 5.32 Å². The number of nitrogens with one attached hydrogen (secondary N) is 2. The summed E-state index contributed by atoms with van der Waals surface area (Å²) in [7, 11) is 0. The van der Waals surface area contributed by atoms with Crippen LogP contribution in [0.15, 0.2) is 24.3 Å². The Kier molecular flexibility index (Phi) is 2.87. The number of hydrogen-bond acceptors (Lipinski definition) is 3. The second kappa shape index (κ2) is 4.31. The molecule has 0 aliphatic heterocycles. The third-order valence-corrected chi connectivity index (χ3v) is 2.19. The number of hydrogen-bond donors (Lipinski definition) is 2. The minimum Gasteiger partial charge on any atom is -0.378 e. The van der Waals surface area contributed by atoms with E-state index in [-0.39, 0.29) is 0 Å². The first kappa shape index (κ1) is 9.98. The Morgan fingerprint density at radius 2 is 2.07 bits per heavy atom. The summed E-state index contributed by atoms with van der Waals surface area (Å²) in [6, 6.07) is 7.52. The molecule has 0 bridgehead atoms. The van der Waals surface area contributed by atoms with E-state index >= 15 is 0 Å². The molecule has 0 aliphatic carbocycles. The first-order valence-electron chi connectivity index (χ1n) is 4.61. The summed E-state index contributed by atoms with van der Waals surface area (Å²) in [6.07, 6.45) is 0. The molecule has 1 heterocycles. The Bertz CT molecular complexity index is 435. The Morgan fingerprint density at radius 1 is 1.33 bits per heavy atom. The van der Waals surface area contributed by atoms with E-state index in [0.717, 1.165) is 22.4 Å². The van der Waals surface area contributed by atoms with Crippen LogP contribution < -0.4 is 5.32 Å². The molecule has 2 rings (SSSR count). The maximum Gasteiger partial charge on any atom is 0.169 e. The Labute approximate surface area is 92.7 Å². The average molecular weight is 223 g/mol. The largest absolute Gasteiger partial charge is 0.378 e. The minimum absolute atomic E-state index is 0.603. The molecule has 0 amide bonds. The molecule has 0 radical (unpaired) electrons. The molecule has 0 saturated carbocycles. The fraction of sp³-hybridized carbons (Fsp3) is 0.200. The first-order valence-corrected chi connectivity index (χ1v) is 4.99. The zero-order valence-corrected chi connectivity index (χ0v) is 9.04. The molecule has 5 heteroatoms. The van der Waals surface area contributed by atoms with E-state index in [9.17, 15) is 0 Å². The van der Waals surface area contributed by atoms with Gasteiger partial charge in [0, 0.05) is 10.7 Å². The van der Waals surface area contributed by atoms with Gasteiger partial charge in [-0.3, -0.25) is 5.10 Å². The third-order valence-electron chi connectivity index (χ3n) is 1.94. The van der Waals surface area contributed by atoms with Gasteiger partial charge in [-0.1, -0.05) is 11.6 Å². The van der Waals surface area contributed by atoms with E-state index in [0.29, 0.717) is 6.54 Å². The number of benzene rings is 1. The number of anilines is 1. The monoisotopic (exact) mass is 222 g/mol. The molecule has 15 heavy (non-hydrogen) atoms. The van der Waals surface area contributed by atoms with E-state index in [2.05, 4.69) is 20.5 Å². The smallest absolute Gasteiger partial charge is 0.169 e. The van der Waals surface area contributed by atoms with Gasteiger partial charge in [-0.2, -0.15) is 5.10 Å². The molecule has 2 aromatic rings. The Hall–Kier alpha value is -1.55. The van der Waals surface area contributed by atoms with Gasteiger partial charge in [-0.15, -0.1) is 0 Å². The van der Waals surface area contributed by atoms with Crippen molar-refractivity contribution in [3.8, 4) is 0 Å². The van der Waals surface area contributed by atoms with Crippen molar-refractivity contribution in [2.45, 2.75) is 13.5 Å². The van der Waals surface area contributed by atoms with Crippen LogP contribution in [0.3, 0.4) is 0 Å². The Balaban J connectivity index is 1.96. The summed E-state index contributed by atoms with van der Waals surface area (Å²) in [5, 5.41) is 10.7. The molecular formula is C10H11ClN4. The summed E-state index contributed by atoms with van der Waals surface area (Å²) in [6.45, 7) is 2.48. The van der Waals surface area contributed by atoms with Gasteiger partial charge in [0.15, 0.2) is 5.82 Å².